The van der Waals surface area contributed by atoms with Crippen LogP contribution in [0.4, 0.5) is 0 Å². The zero-order valence-corrected chi connectivity index (χ0v) is 11.8. The molecule has 0 radical (unpaired) electrons. The average molecular weight is 257 g/mol. The SMILES string of the molecule is CC(C)C(CN)CNCc1cccc2cccnc12. The highest BCUT2D eigenvalue weighted by molar-refractivity contribution is 5.81. The molecule has 0 saturated carbocycles. The molecule has 1 heterocycles. The number of nitrogens with zero attached hydrogens (tertiary/aromatic N) is 1. The largest absolute Gasteiger partial charge is 0.330 e. The number of benzene rings is 1. The van der Waals surface area contributed by atoms with E-state index in [1.54, 1.807) is 0 Å². The second-order valence-electron chi connectivity index (χ2n) is 5.36. The van der Waals surface area contributed by atoms with Crippen LogP contribution in [-0.2, 0) is 6.54 Å². The van der Waals surface area contributed by atoms with Gasteiger partial charge in [-0.2, -0.15) is 0 Å². The van der Waals surface area contributed by atoms with Crippen molar-refractivity contribution in [3.63, 3.8) is 0 Å². The van der Waals surface area contributed by atoms with Gasteiger partial charge in [0, 0.05) is 18.1 Å². The van der Waals surface area contributed by atoms with Crippen molar-refractivity contribution in [1.29, 1.82) is 0 Å². The van der Waals surface area contributed by atoms with Crippen molar-refractivity contribution >= 4 is 10.9 Å². The summed E-state index contributed by atoms with van der Waals surface area (Å²) in [7, 11) is 0. The topological polar surface area (TPSA) is 50.9 Å². The molecule has 3 heteroatoms. The maximum absolute atomic E-state index is 5.79. The van der Waals surface area contributed by atoms with Gasteiger partial charge in [-0.25, -0.2) is 0 Å². The number of hydrogen-bond acceptors (Lipinski definition) is 3. The quantitative estimate of drug-likeness (QED) is 0.836. The molecule has 0 bridgehead atoms. The minimum Gasteiger partial charge on any atom is -0.330 e. The maximum Gasteiger partial charge on any atom is 0.0746 e. The molecule has 0 aliphatic heterocycles. The van der Waals surface area contributed by atoms with Crippen LogP contribution in [0.25, 0.3) is 10.9 Å². The fraction of sp³-hybridized carbons (Fsp3) is 0.438. The van der Waals surface area contributed by atoms with Crippen LogP contribution < -0.4 is 11.1 Å². The highest BCUT2D eigenvalue weighted by Gasteiger charge is 2.10. The van der Waals surface area contributed by atoms with Crippen molar-refractivity contribution in [3.8, 4) is 0 Å². The Morgan fingerprint density at radius 2 is 2.00 bits per heavy atom. The smallest absolute Gasteiger partial charge is 0.0746 e. The molecular formula is C16H23N3. The van der Waals surface area contributed by atoms with E-state index in [1.165, 1.54) is 10.9 Å². The van der Waals surface area contributed by atoms with Crippen LogP contribution in [0.3, 0.4) is 0 Å². The second kappa shape index (κ2) is 6.64. The Balaban J connectivity index is 2.02. The van der Waals surface area contributed by atoms with E-state index in [9.17, 15) is 0 Å². The Bertz CT molecular complexity index is 517. The van der Waals surface area contributed by atoms with E-state index in [0.717, 1.165) is 25.2 Å². The Morgan fingerprint density at radius 1 is 1.21 bits per heavy atom. The third kappa shape index (κ3) is 3.52. The van der Waals surface area contributed by atoms with Gasteiger partial charge in [0.05, 0.1) is 5.52 Å². The van der Waals surface area contributed by atoms with Crippen molar-refractivity contribution in [3.05, 3.63) is 42.1 Å². The predicted octanol–water partition coefficient (Wildman–Crippen LogP) is 2.56. The van der Waals surface area contributed by atoms with E-state index >= 15 is 0 Å². The van der Waals surface area contributed by atoms with Gasteiger partial charge < -0.3 is 11.1 Å². The van der Waals surface area contributed by atoms with Crippen LogP contribution in [0.5, 0.6) is 0 Å². The fourth-order valence-electron chi connectivity index (χ4n) is 2.29. The summed E-state index contributed by atoms with van der Waals surface area (Å²) in [6.45, 7) is 6.98. The molecule has 2 aromatic rings. The van der Waals surface area contributed by atoms with E-state index < -0.39 is 0 Å². The number of nitrogens with two attached hydrogens (primary N) is 1. The van der Waals surface area contributed by atoms with Gasteiger partial charge in [0.15, 0.2) is 0 Å². The molecule has 19 heavy (non-hydrogen) atoms. The van der Waals surface area contributed by atoms with Gasteiger partial charge in [-0.05, 0) is 36.6 Å². The van der Waals surface area contributed by atoms with Gasteiger partial charge in [-0.1, -0.05) is 38.1 Å². The second-order valence-corrected chi connectivity index (χ2v) is 5.36. The zero-order valence-electron chi connectivity index (χ0n) is 11.8. The fourth-order valence-corrected chi connectivity index (χ4v) is 2.29. The Labute approximate surface area is 115 Å². The van der Waals surface area contributed by atoms with Crippen LogP contribution in [0, 0.1) is 11.8 Å². The summed E-state index contributed by atoms with van der Waals surface area (Å²) in [6, 6.07) is 10.4. The van der Waals surface area contributed by atoms with Crippen molar-refractivity contribution in [1.82, 2.24) is 10.3 Å². The standard InChI is InChI=1S/C16H23N3/c1-12(2)15(9-17)11-18-10-14-6-3-5-13-7-4-8-19-16(13)14/h3-8,12,15,18H,9-11,17H2,1-2H3. The van der Waals surface area contributed by atoms with Crippen LogP contribution in [0.1, 0.15) is 19.4 Å². The summed E-state index contributed by atoms with van der Waals surface area (Å²) >= 11 is 0. The summed E-state index contributed by atoms with van der Waals surface area (Å²) in [5, 5.41) is 4.70. The maximum atomic E-state index is 5.79. The first kappa shape index (κ1) is 14.0. The number of pyridine rings is 1. The van der Waals surface area contributed by atoms with Gasteiger partial charge in [-0.15, -0.1) is 0 Å². The molecule has 3 nitrogen and oxygen atoms in total. The van der Waals surface area contributed by atoms with Gasteiger partial charge in [0.2, 0.25) is 0 Å². The normalized spacial score (nSPS) is 13.1. The van der Waals surface area contributed by atoms with Crippen molar-refractivity contribution < 1.29 is 0 Å². The summed E-state index contributed by atoms with van der Waals surface area (Å²) < 4.78 is 0. The van der Waals surface area contributed by atoms with E-state index in [4.69, 9.17) is 5.73 Å². The lowest BCUT2D eigenvalue weighted by Gasteiger charge is -2.19. The lowest BCUT2D eigenvalue weighted by molar-refractivity contribution is 0.371. The predicted molar refractivity (Wildman–Crippen MR) is 80.8 cm³/mol. The van der Waals surface area contributed by atoms with Crippen LogP contribution >= 0.6 is 0 Å². The number of aromatic nitrogens is 1. The Hall–Kier alpha value is -1.45. The molecule has 1 unspecified atom stereocenters. The Kier molecular flexibility index (Phi) is 4.88. The molecule has 2 rings (SSSR count). The van der Waals surface area contributed by atoms with E-state index in [0.29, 0.717) is 11.8 Å². The molecule has 0 aliphatic rings. The molecular weight excluding hydrogens is 234 g/mol. The molecule has 0 saturated heterocycles. The van der Waals surface area contributed by atoms with E-state index in [-0.39, 0.29) is 0 Å². The third-order valence-electron chi connectivity index (χ3n) is 3.68. The molecule has 1 aromatic carbocycles. The van der Waals surface area contributed by atoms with Crippen LogP contribution in [0.2, 0.25) is 0 Å². The van der Waals surface area contributed by atoms with Crippen molar-refractivity contribution in [2.24, 2.45) is 17.6 Å². The molecule has 3 N–H and O–H groups in total. The molecule has 1 aromatic heterocycles. The zero-order chi connectivity index (χ0) is 13.7. The monoisotopic (exact) mass is 257 g/mol. The van der Waals surface area contributed by atoms with Gasteiger partial charge >= 0.3 is 0 Å². The minimum absolute atomic E-state index is 0.530. The minimum atomic E-state index is 0.530. The lowest BCUT2D eigenvalue weighted by Crippen LogP contribution is -2.31. The first-order chi connectivity index (χ1) is 9.22. The Morgan fingerprint density at radius 3 is 2.74 bits per heavy atom. The highest BCUT2D eigenvalue weighted by atomic mass is 14.9. The number of rotatable bonds is 6. The van der Waals surface area contributed by atoms with Crippen molar-refractivity contribution in [2.75, 3.05) is 13.1 Å². The molecule has 0 fully saturated rings. The van der Waals surface area contributed by atoms with Crippen molar-refractivity contribution in [2.45, 2.75) is 20.4 Å². The number of para-hydroxylation sites is 1. The molecule has 0 aliphatic carbocycles. The first-order valence-corrected chi connectivity index (χ1v) is 6.95. The highest BCUT2D eigenvalue weighted by Crippen LogP contribution is 2.16. The lowest BCUT2D eigenvalue weighted by atomic mass is 9.96. The molecule has 1 atom stereocenters. The van der Waals surface area contributed by atoms with Gasteiger partial charge in [0.25, 0.3) is 0 Å². The van der Waals surface area contributed by atoms with Crippen LogP contribution in [0.15, 0.2) is 36.5 Å². The number of nitrogens with one attached hydrogen (secondary N) is 1. The molecule has 0 spiro atoms. The third-order valence-corrected chi connectivity index (χ3v) is 3.68. The van der Waals surface area contributed by atoms with Gasteiger partial charge in [-0.3, -0.25) is 4.98 Å². The van der Waals surface area contributed by atoms with E-state index in [2.05, 4.69) is 48.4 Å². The number of hydrogen-bond donors (Lipinski definition) is 2. The molecule has 0 amide bonds. The first-order valence-electron chi connectivity index (χ1n) is 6.95. The average Bonchev–Trinajstić information content (AvgIpc) is 2.43. The summed E-state index contributed by atoms with van der Waals surface area (Å²) in [6.07, 6.45) is 1.85. The summed E-state index contributed by atoms with van der Waals surface area (Å²) in [5.41, 5.74) is 8.13. The summed E-state index contributed by atoms with van der Waals surface area (Å²) in [4.78, 5) is 4.47. The van der Waals surface area contributed by atoms with E-state index in [1.807, 2.05) is 12.3 Å². The van der Waals surface area contributed by atoms with Crippen LogP contribution in [-0.4, -0.2) is 18.1 Å². The molecule has 102 valence electrons. The summed E-state index contributed by atoms with van der Waals surface area (Å²) in [5.74, 6) is 1.14. The van der Waals surface area contributed by atoms with Gasteiger partial charge in [0.1, 0.15) is 0 Å². The number of fused-ring (bicyclic) bond motifs is 1.